The van der Waals surface area contributed by atoms with E-state index in [0.29, 0.717) is 11.3 Å². The molecule has 0 bridgehead atoms. The molecule has 0 radical (unpaired) electrons. The van der Waals surface area contributed by atoms with Crippen LogP contribution in [-0.2, 0) is 6.42 Å². The molecule has 1 aromatic rings. The third-order valence-corrected chi connectivity index (χ3v) is 4.81. The van der Waals surface area contributed by atoms with Crippen LogP contribution in [0.3, 0.4) is 0 Å². The second kappa shape index (κ2) is 5.75. The van der Waals surface area contributed by atoms with E-state index in [2.05, 4.69) is 41.9 Å². The maximum absolute atomic E-state index is 10.4. The maximum atomic E-state index is 10.4. The lowest BCUT2D eigenvalue weighted by molar-refractivity contribution is 0.0576. The standard InChI is InChI=1S/C16H23BrO/c1-16(2)9-7-13(8-10-16)15(18)11-12-3-5-14(17)6-4-12/h3-6,13,15,18H,7-11H2,1-2H3. The van der Waals surface area contributed by atoms with Crippen molar-refractivity contribution in [2.24, 2.45) is 11.3 Å². The molecule has 2 heteroatoms. The highest BCUT2D eigenvalue weighted by Gasteiger charge is 2.30. The van der Waals surface area contributed by atoms with Crippen molar-refractivity contribution in [3.05, 3.63) is 34.3 Å². The minimum Gasteiger partial charge on any atom is -0.392 e. The Morgan fingerprint density at radius 1 is 1.22 bits per heavy atom. The first-order chi connectivity index (χ1) is 8.46. The van der Waals surface area contributed by atoms with Gasteiger partial charge in [0.25, 0.3) is 0 Å². The number of rotatable bonds is 3. The quantitative estimate of drug-likeness (QED) is 0.867. The van der Waals surface area contributed by atoms with E-state index in [-0.39, 0.29) is 6.10 Å². The van der Waals surface area contributed by atoms with Crippen LogP contribution in [0.1, 0.15) is 45.1 Å². The van der Waals surface area contributed by atoms with Crippen LogP contribution < -0.4 is 0 Å². The summed E-state index contributed by atoms with van der Waals surface area (Å²) in [7, 11) is 0. The highest BCUT2D eigenvalue weighted by molar-refractivity contribution is 9.10. The van der Waals surface area contributed by atoms with Gasteiger partial charge in [0, 0.05) is 4.47 Å². The Balaban J connectivity index is 1.89. The molecule has 0 aromatic heterocycles. The SMILES string of the molecule is CC1(C)CCC(C(O)Cc2ccc(Br)cc2)CC1. The van der Waals surface area contributed by atoms with Crippen LogP contribution in [0.5, 0.6) is 0 Å². The molecule has 0 heterocycles. The molecule has 1 nitrogen and oxygen atoms in total. The van der Waals surface area contributed by atoms with Crippen molar-refractivity contribution in [3.8, 4) is 0 Å². The molecule has 0 aliphatic heterocycles. The van der Waals surface area contributed by atoms with E-state index in [9.17, 15) is 5.11 Å². The van der Waals surface area contributed by atoms with Gasteiger partial charge in [-0.25, -0.2) is 0 Å². The molecule has 1 aliphatic carbocycles. The van der Waals surface area contributed by atoms with Crippen molar-refractivity contribution >= 4 is 15.9 Å². The molecule has 1 atom stereocenters. The zero-order chi connectivity index (χ0) is 13.2. The van der Waals surface area contributed by atoms with E-state index in [1.807, 2.05) is 12.1 Å². The summed E-state index contributed by atoms with van der Waals surface area (Å²) in [5.41, 5.74) is 1.71. The Morgan fingerprint density at radius 3 is 2.33 bits per heavy atom. The van der Waals surface area contributed by atoms with Crippen LogP contribution >= 0.6 is 15.9 Å². The number of hydrogen-bond acceptors (Lipinski definition) is 1. The highest BCUT2D eigenvalue weighted by Crippen LogP contribution is 2.39. The highest BCUT2D eigenvalue weighted by atomic mass is 79.9. The second-order valence-electron chi connectivity index (χ2n) is 6.40. The van der Waals surface area contributed by atoms with Crippen LogP contribution in [-0.4, -0.2) is 11.2 Å². The molecule has 1 aromatic carbocycles. The summed E-state index contributed by atoms with van der Waals surface area (Å²) < 4.78 is 1.10. The Hall–Kier alpha value is -0.340. The first-order valence-corrected chi connectivity index (χ1v) is 7.68. The van der Waals surface area contributed by atoms with Crippen LogP contribution in [0.15, 0.2) is 28.7 Å². The third-order valence-electron chi connectivity index (χ3n) is 4.29. The van der Waals surface area contributed by atoms with Crippen molar-refractivity contribution in [1.29, 1.82) is 0 Å². The number of halogens is 1. The Bertz CT molecular complexity index is 373. The zero-order valence-electron chi connectivity index (χ0n) is 11.3. The van der Waals surface area contributed by atoms with Crippen molar-refractivity contribution < 1.29 is 5.11 Å². The van der Waals surface area contributed by atoms with Gasteiger partial charge in [-0.05, 0) is 61.1 Å². The molecular formula is C16H23BrO. The lowest BCUT2D eigenvalue weighted by Crippen LogP contribution is -2.30. The topological polar surface area (TPSA) is 20.2 Å². The maximum Gasteiger partial charge on any atom is 0.0608 e. The summed E-state index contributed by atoms with van der Waals surface area (Å²) in [6.07, 6.45) is 5.44. The van der Waals surface area contributed by atoms with Crippen molar-refractivity contribution in [3.63, 3.8) is 0 Å². The van der Waals surface area contributed by atoms with Gasteiger partial charge in [0.2, 0.25) is 0 Å². The lowest BCUT2D eigenvalue weighted by Gasteiger charge is -2.36. The minimum atomic E-state index is -0.178. The molecule has 2 rings (SSSR count). The summed E-state index contributed by atoms with van der Waals surface area (Å²) in [6, 6.07) is 8.29. The van der Waals surface area contributed by atoms with Crippen molar-refractivity contribution in [1.82, 2.24) is 0 Å². The summed E-state index contributed by atoms with van der Waals surface area (Å²) >= 11 is 3.44. The van der Waals surface area contributed by atoms with Gasteiger partial charge < -0.3 is 5.11 Å². The summed E-state index contributed by atoms with van der Waals surface area (Å²) in [5.74, 6) is 0.488. The van der Waals surface area contributed by atoms with Crippen molar-refractivity contribution in [2.75, 3.05) is 0 Å². The summed E-state index contributed by atoms with van der Waals surface area (Å²) in [4.78, 5) is 0. The minimum absolute atomic E-state index is 0.178. The van der Waals surface area contributed by atoms with E-state index in [1.54, 1.807) is 0 Å². The first-order valence-electron chi connectivity index (χ1n) is 6.89. The molecule has 1 unspecified atom stereocenters. The average molecular weight is 311 g/mol. The van der Waals surface area contributed by atoms with E-state index in [4.69, 9.17) is 0 Å². The second-order valence-corrected chi connectivity index (χ2v) is 7.32. The Labute approximate surface area is 119 Å². The molecule has 0 saturated heterocycles. The van der Waals surface area contributed by atoms with E-state index in [0.717, 1.165) is 10.9 Å². The van der Waals surface area contributed by atoms with Crippen LogP contribution in [0.4, 0.5) is 0 Å². The van der Waals surface area contributed by atoms with E-state index in [1.165, 1.54) is 31.2 Å². The van der Waals surface area contributed by atoms with Gasteiger partial charge in [-0.3, -0.25) is 0 Å². The van der Waals surface area contributed by atoms with Crippen molar-refractivity contribution in [2.45, 2.75) is 52.1 Å². The van der Waals surface area contributed by atoms with Crippen LogP contribution in [0, 0.1) is 11.3 Å². The van der Waals surface area contributed by atoms with Gasteiger partial charge in [0.15, 0.2) is 0 Å². The Kier molecular flexibility index (Phi) is 4.50. The molecule has 1 N–H and O–H groups in total. The van der Waals surface area contributed by atoms with Gasteiger partial charge in [-0.2, -0.15) is 0 Å². The molecule has 0 spiro atoms. The predicted octanol–water partition coefficient (Wildman–Crippen LogP) is 4.57. The number of aliphatic hydroxyl groups is 1. The molecule has 100 valence electrons. The fourth-order valence-electron chi connectivity index (χ4n) is 2.84. The smallest absolute Gasteiger partial charge is 0.0608 e. The van der Waals surface area contributed by atoms with Gasteiger partial charge in [-0.15, -0.1) is 0 Å². The molecular weight excluding hydrogens is 288 g/mol. The normalized spacial score (nSPS) is 21.8. The average Bonchev–Trinajstić information content (AvgIpc) is 2.32. The van der Waals surface area contributed by atoms with E-state index >= 15 is 0 Å². The van der Waals surface area contributed by atoms with Gasteiger partial charge in [0.1, 0.15) is 0 Å². The largest absolute Gasteiger partial charge is 0.392 e. The summed E-state index contributed by atoms with van der Waals surface area (Å²) in [6.45, 7) is 4.68. The van der Waals surface area contributed by atoms with Gasteiger partial charge in [-0.1, -0.05) is 41.9 Å². The molecule has 1 aliphatic rings. The fourth-order valence-corrected chi connectivity index (χ4v) is 3.10. The van der Waals surface area contributed by atoms with Gasteiger partial charge in [0.05, 0.1) is 6.10 Å². The predicted molar refractivity (Wildman–Crippen MR) is 79.6 cm³/mol. The van der Waals surface area contributed by atoms with Crippen LogP contribution in [0.25, 0.3) is 0 Å². The number of hydrogen-bond donors (Lipinski definition) is 1. The lowest BCUT2D eigenvalue weighted by atomic mass is 9.71. The molecule has 1 fully saturated rings. The number of benzene rings is 1. The zero-order valence-corrected chi connectivity index (χ0v) is 12.9. The molecule has 18 heavy (non-hydrogen) atoms. The fraction of sp³-hybridized carbons (Fsp3) is 0.625. The van der Waals surface area contributed by atoms with E-state index < -0.39 is 0 Å². The number of aliphatic hydroxyl groups excluding tert-OH is 1. The Morgan fingerprint density at radius 2 is 1.78 bits per heavy atom. The molecule has 0 amide bonds. The molecule has 1 saturated carbocycles. The monoisotopic (exact) mass is 310 g/mol. The third kappa shape index (κ3) is 3.83. The first kappa shape index (κ1) is 14.1. The van der Waals surface area contributed by atoms with Gasteiger partial charge >= 0.3 is 0 Å². The van der Waals surface area contributed by atoms with Crippen LogP contribution in [0.2, 0.25) is 0 Å². The summed E-state index contributed by atoms with van der Waals surface area (Å²) in [5, 5.41) is 10.4.